The Kier molecular flexibility index (Phi) is 8.12. The molecule has 1 saturated heterocycles. The minimum Gasteiger partial charge on any atom is -0.543 e. The molecule has 0 radical (unpaired) electrons. The fourth-order valence-corrected chi connectivity index (χ4v) is 4.21. The monoisotopic (exact) mass is 445 g/mol. The smallest absolute Gasteiger partial charge is 0.543 e. The summed E-state index contributed by atoms with van der Waals surface area (Å²) in [7, 11) is 1.25. The Morgan fingerprint density at radius 3 is 2.73 bits per heavy atom. The summed E-state index contributed by atoms with van der Waals surface area (Å²) < 4.78 is 9.98. The summed E-state index contributed by atoms with van der Waals surface area (Å²) >= 11 is 1.23. The van der Waals surface area contributed by atoms with E-state index < -0.39 is 35.2 Å². The number of nitrogens with one attached hydrogen (secondary N) is 1. The van der Waals surface area contributed by atoms with Crippen molar-refractivity contribution in [2.45, 2.75) is 18.3 Å². The van der Waals surface area contributed by atoms with Crippen LogP contribution in [0.15, 0.2) is 39.2 Å². The number of thioether (sulfide) groups is 1. The van der Waals surface area contributed by atoms with E-state index in [2.05, 4.69) is 15.3 Å². The standard InChI is InChI=1S/C17H17N3O8S.Na/c1-8(21)28-6-9-7-29-16-12(15(23)20(16)13(9)17(24)25)18-14(22)11(19-26-2)10-4-3-5-27-10;/h3-5,12,16H,6-7H2,1-2H3,(H,18,22)(H,24,25);/q;+1/p-1/t12-,16+;/m1./s1. The number of furan rings is 1. The van der Waals surface area contributed by atoms with Crippen LogP contribution >= 0.6 is 11.8 Å². The number of hydrogen-bond acceptors (Lipinski definition) is 10. The number of rotatable bonds is 7. The molecule has 2 amide bonds. The fourth-order valence-electron chi connectivity index (χ4n) is 2.88. The molecule has 2 aliphatic heterocycles. The second-order valence-electron chi connectivity index (χ2n) is 5.98. The van der Waals surface area contributed by atoms with E-state index in [9.17, 15) is 24.3 Å². The van der Waals surface area contributed by atoms with Crippen molar-refractivity contribution >= 4 is 41.2 Å². The summed E-state index contributed by atoms with van der Waals surface area (Å²) in [5.41, 5.74) is -0.269. The van der Waals surface area contributed by atoms with Gasteiger partial charge >= 0.3 is 35.5 Å². The molecule has 0 saturated carbocycles. The molecule has 0 unspecified atom stereocenters. The second kappa shape index (κ2) is 10.2. The maximum Gasteiger partial charge on any atom is 1.00 e. The van der Waals surface area contributed by atoms with Gasteiger partial charge in [-0.25, -0.2) is 0 Å². The maximum atomic E-state index is 12.6. The number of hydrogen-bond donors (Lipinski definition) is 1. The van der Waals surface area contributed by atoms with Crippen LogP contribution in [0.25, 0.3) is 0 Å². The van der Waals surface area contributed by atoms with Gasteiger partial charge in [0, 0.05) is 18.2 Å². The van der Waals surface area contributed by atoms with E-state index in [0.717, 1.165) is 4.90 Å². The molecule has 11 nitrogen and oxygen atoms in total. The summed E-state index contributed by atoms with van der Waals surface area (Å²) in [6, 6.07) is 2.08. The van der Waals surface area contributed by atoms with Gasteiger partial charge in [-0.3, -0.25) is 19.3 Å². The van der Waals surface area contributed by atoms with E-state index in [1.165, 1.54) is 38.1 Å². The van der Waals surface area contributed by atoms with E-state index in [1.807, 2.05) is 0 Å². The van der Waals surface area contributed by atoms with Gasteiger partial charge < -0.3 is 29.2 Å². The molecule has 3 rings (SSSR count). The first-order chi connectivity index (χ1) is 13.8. The van der Waals surface area contributed by atoms with Gasteiger partial charge in [-0.2, -0.15) is 0 Å². The molecule has 13 heteroatoms. The first-order valence-electron chi connectivity index (χ1n) is 8.32. The summed E-state index contributed by atoms with van der Waals surface area (Å²) in [4.78, 5) is 53.4. The average Bonchev–Trinajstić information content (AvgIpc) is 3.21. The van der Waals surface area contributed by atoms with Crippen molar-refractivity contribution in [1.82, 2.24) is 10.2 Å². The van der Waals surface area contributed by atoms with Crippen molar-refractivity contribution in [1.29, 1.82) is 0 Å². The minimum atomic E-state index is -1.56. The van der Waals surface area contributed by atoms with Gasteiger partial charge in [0.05, 0.1) is 17.9 Å². The van der Waals surface area contributed by atoms with Crippen LogP contribution in [0, 0.1) is 0 Å². The number of esters is 1. The Balaban J connectivity index is 0.00000320. The van der Waals surface area contributed by atoms with Crippen molar-refractivity contribution in [3.8, 4) is 0 Å². The molecule has 1 aromatic rings. The molecule has 30 heavy (non-hydrogen) atoms. The summed E-state index contributed by atoms with van der Waals surface area (Å²) in [6.07, 6.45) is 1.35. The molecule has 0 bridgehead atoms. The topological polar surface area (TPSA) is 151 Å². The number of oxime groups is 1. The molecular weight excluding hydrogens is 429 g/mol. The fraction of sp³-hybridized carbons (Fsp3) is 0.353. The molecule has 1 aromatic heterocycles. The molecule has 0 aliphatic carbocycles. The number of carboxylic acids is 1. The van der Waals surface area contributed by atoms with Crippen LogP contribution in [0.5, 0.6) is 0 Å². The van der Waals surface area contributed by atoms with E-state index in [1.54, 1.807) is 6.07 Å². The molecule has 1 N–H and O–H groups in total. The van der Waals surface area contributed by atoms with E-state index in [4.69, 9.17) is 9.15 Å². The molecule has 3 heterocycles. The molecule has 1 fully saturated rings. The minimum absolute atomic E-state index is 0. The SMILES string of the molecule is CON=C(C(=O)N[C@@H]1C(=O)N2C(C(=O)[O-])=C(COC(C)=O)CS[C@@H]12)c1ccco1.[Na+]. The van der Waals surface area contributed by atoms with E-state index in [-0.39, 0.29) is 64.7 Å². The predicted octanol–water partition coefficient (Wildman–Crippen LogP) is -4.40. The first-order valence-corrected chi connectivity index (χ1v) is 9.37. The largest absolute Gasteiger partial charge is 1.00 e. The Morgan fingerprint density at radius 2 is 2.17 bits per heavy atom. The molecule has 2 atom stereocenters. The van der Waals surface area contributed by atoms with Crippen molar-refractivity contribution in [2.24, 2.45) is 5.16 Å². The van der Waals surface area contributed by atoms with E-state index in [0.29, 0.717) is 0 Å². The van der Waals surface area contributed by atoms with Crippen LogP contribution in [-0.2, 0) is 28.8 Å². The maximum absolute atomic E-state index is 12.6. The zero-order valence-corrected chi connectivity index (χ0v) is 19.2. The molecule has 0 aromatic carbocycles. The number of carbonyl (C=O) groups excluding carboxylic acids is 4. The van der Waals surface area contributed by atoms with Crippen molar-refractivity contribution in [3.63, 3.8) is 0 Å². The van der Waals surface area contributed by atoms with Gasteiger partial charge in [-0.1, -0.05) is 5.16 Å². The van der Waals surface area contributed by atoms with E-state index >= 15 is 0 Å². The zero-order chi connectivity index (χ0) is 21.1. The Bertz CT molecular complexity index is 914. The Labute approximate surface area is 197 Å². The Hall–Kier alpha value is -2.28. The molecular formula is C17H16N3NaO8S. The van der Waals surface area contributed by atoms with Crippen LogP contribution in [0.1, 0.15) is 12.7 Å². The van der Waals surface area contributed by atoms with Gasteiger partial charge in [0.15, 0.2) is 5.76 Å². The second-order valence-corrected chi connectivity index (χ2v) is 7.09. The van der Waals surface area contributed by atoms with Crippen molar-refractivity contribution in [2.75, 3.05) is 19.5 Å². The zero-order valence-electron chi connectivity index (χ0n) is 16.4. The van der Waals surface area contributed by atoms with Gasteiger partial charge in [-0.15, -0.1) is 11.8 Å². The van der Waals surface area contributed by atoms with Gasteiger partial charge in [0.25, 0.3) is 11.8 Å². The number of ether oxygens (including phenoxy) is 1. The molecule has 154 valence electrons. The van der Waals surface area contributed by atoms with Crippen LogP contribution in [-0.4, -0.2) is 65.2 Å². The third kappa shape index (κ3) is 4.72. The number of aliphatic carboxylic acids is 1. The summed E-state index contributed by atoms with van der Waals surface area (Å²) in [5.74, 6) is -3.16. The number of fused-ring (bicyclic) bond motifs is 1. The quantitative estimate of drug-likeness (QED) is 0.144. The first kappa shape index (κ1) is 24.0. The predicted molar refractivity (Wildman–Crippen MR) is 95.9 cm³/mol. The van der Waals surface area contributed by atoms with Crippen LogP contribution in [0.2, 0.25) is 0 Å². The van der Waals surface area contributed by atoms with Crippen LogP contribution in [0.3, 0.4) is 0 Å². The number of nitrogens with zero attached hydrogens (tertiary/aromatic N) is 2. The third-order valence-corrected chi connectivity index (χ3v) is 5.47. The van der Waals surface area contributed by atoms with Crippen LogP contribution in [0.4, 0.5) is 0 Å². The molecule has 0 spiro atoms. The molecule has 2 aliphatic rings. The summed E-state index contributed by atoms with van der Waals surface area (Å²) in [5, 5.41) is 17.1. The number of β-lactam (4-membered cyclic amide) rings is 1. The van der Waals surface area contributed by atoms with Gasteiger partial charge in [0.2, 0.25) is 5.71 Å². The summed E-state index contributed by atoms with van der Waals surface area (Å²) in [6.45, 7) is 0.929. The van der Waals surface area contributed by atoms with Gasteiger partial charge in [-0.05, 0) is 12.1 Å². The Morgan fingerprint density at radius 1 is 1.43 bits per heavy atom. The normalized spacial score (nSPS) is 20.5. The number of amides is 2. The van der Waals surface area contributed by atoms with Gasteiger partial charge in [0.1, 0.15) is 25.1 Å². The van der Waals surface area contributed by atoms with Crippen molar-refractivity contribution < 1.29 is 67.8 Å². The average molecular weight is 445 g/mol. The number of carbonyl (C=O) groups is 4. The number of carboxylic acid groups (broad SMARTS) is 1. The van der Waals surface area contributed by atoms with Crippen molar-refractivity contribution in [3.05, 3.63) is 35.4 Å². The van der Waals surface area contributed by atoms with Crippen LogP contribution < -0.4 is 40.0 Å². The third-order valence-electron chi connectivity index (χ3n) is 4.13.